The third-order valence-electron chi connectivity index (χ3n) is 3.15. The first-order valence-electron chi connectivity index (χ1n) is 7.05. The van der Waals surface area contributed by atoms with Crippen LogP contribution in [0.4, 0.5) is 18.9 Å². The Morgan fingerprint density at radius 2 is 1.91 bits per heavy atom. The molecule has 0 saturated heterocycles. The number of nitrogens with one attached hydrogen (secondary N) is 1. The van der Waals surface area contributed by atoms with Crippen molar-refractivity contribution in [2.24, 2.45) is 0 Å². The second-order valence-corrected chi connectivity index (χ2v) is 5.03. The molecule has 0 heterocycles. The Labute approximate surface area is 132 Å². The molecule has 0 radical (unpaired) electrons. The van der Waals surface area contributed by atoms with Gasteiger partial charge in [-0.1, -0.05) is 30.7 Å². The Hall–Kier alpha value is -2.50. The number of carbonyl (C=O) groups excluding carboxylic acids is 1. The Balaban J connectivity index is 2.42. The molecule has 0 fully saturated rings. The molecule has 0 aliphatic carbocycles. The molecule has 0 aliphatic rings. The van der Waals surface area contributed by atoms with E-state index in [-0.39, 0.29) is 11.7 Å². The van der Waals surface area contributed by atoms with Crippen LogP contribution in [0.3, 0.4) is 0 Å². The number of amides is 1. The standard InChI is InChI=1S/C17H16F3NO2/c1-3-16(22)21-15-8-7-11(2)9-14(15)12-5-4-6-13(10-12)23-17(18,19)20/h4-10H,3H2,1-2H3,(H,21,22). The van der Waals surface area contributed by atoms with E-state index in [4.69, 9.17) is 0 Å². The summed E-state index contributed by atoms with van der Waals surface area (Å²) < 4.78 is 41.0. The maximum Gasteiger partial charge on any atom is 0.573 e. The number of carbonyl (C=O) groups is 1. The molecule has 0 atom stereocenters. The van der Waals surface area contributed by atoms with Gasteiger partial charge in [0.1, 0.15) is 5.75 Å². The Kier molecular flexibility index (Phi) is 4.93. The summed E-state index contributed by atoms with van der Waals surface area (Å²) in [5.41, 5.74) is 2.64. The van der Waals surface area contributed by atoms with Gasteiger partial charge < -0.3 is 10.1 Å². The van der Waals surface area contributed by atoms with Crippen LogP contribution in [0.2, 0.25) is 0 Å². The molecule has 3 nitrogen and oxygen atoms in total. The summed E-state index contributed by atoms with van der Waals surface area (Å²) in [7, 11) is 0. The lowest BCUT2D eigenvalue weighted by Crippen LogP contribution is -2.17. The normalized spacial score (nSPS) is 11.2. The van der Waals surface area contributed by atoms with Crippen molar-refractivity contribution >= 4 is 11.6 Å². The first kappa shape index (κ1) is 16.9. The molecule has 0 aromatic heterocycles. The summed E-state index contributed by atoms with van der Waals surface area (Å²) in [6.45, 7) is 3.59. The fourth-order valence-corrected chi connectivity index (χ4v) is 2.11. The van der Waals surface area contributed by atoms with E-state index in [9.17, 15) is 18.0 Å². The Bertz CT molecular complexity index is 711. The van der Waals surface area contributed by atoms with Crippen LogP contribution in [-0.2, 0) is 4.79 Å². The van der Waals surface area contributed by atoms with Crippen LogP contribution in [0.25, 0.3) is 11.1 Å². The van der Waals surface area contributed by atoms with Gasteiger partial charge in [-0.25, -0.2) is 0 Å². The average Bonchev–Trinajstić information content (AvgIpc) is 2.47. The van der Waals surface area contributed by atoms with E-state index in [1.54, 1.807) is 25.1 Å². The molecule has 0 spiro atoms. The number of hydrogen-bond donors (Lipinski definition) is 1. The number of rotatable bonds is 4. The third-order valence-corrected chi connectivity index (χ3v) is 3.15. The van der Waals surface area contributed by atoms with Gasteiger partial charge in [0.15, 0.2) is 0 Å². The molecule has 6 heteroatoms. The van der Waals surface area contributed by atoms with Gasteiger partial charge in [-0.05, 0) is 36.8 Å². The van der Waals surface area contributed by atoms with Gasteiger partial charge in [0, 0.05) is 17.7 Å². The smallest absolute Gasteiger partial charge is 0.406 e. The number of benzene rings is 2. The second kappa shape index (κ2) is 6.73. The Morgan fingerprint density at radius 1 is 1.17 bits per heavy atom. The van der Waals surface area contributed by atoms with Crippen LogP contribution in [0.1, 0.15) is 18.9 Å². The summed E-state index contributed by atoms with van der Waals surface area (Å²) in [4.78, 5) is 11.6. The lowest BCUT2D eigenvalue weighted by Gasteiger charge is -2.14. The fourth-order valence-electron chi connectivity index (χ4n) is 2.11. The van der Waals surface area contributed by atoms with Crippen molar-refractivity contribution in [3.8, 4) is 16.9 Å². The SMILES string of the molecule is CCC(=O)Nc1ccc(C)cc1-c1cccc(OC(F)(F)F)c1. The lowest BCUT2D eigenvalue weighted by atomic mass is 10.0. The van der Waals surface area contributed by atoms with E-state index < -0.39 is 6.36 Å². The number of hydrogen-bond acceptors (Lipinski definition) is 2. The van der Waals surface area contributed by atoms with Crippen LogP contribution >= 0.6 is 0 Å². The van der Waals surface area contributed by atoms with Crippen LogP contribution in [0.15, 0.2) is 42.5 Å². The zero-order chi connectivity index (χ0) is 17.0. The molecule has 1 amide bonds. The highest BCUT2D eigenvalue weighted by molar-refractivity contribution is 5.95. The zero-order valence-electron chi connectivity index (χ0n) is 12.7. The first-order chi connectivity index (χ1) is 10.8. The largest absolute Gasteiger partial charge is 0.573 e. The van der Waals surface area contributed by atoms with E-state index in [1.807, 2.05) is 13.0 Å². The molecule has 122 valence electrons. The number of aryl methyl sites for hydroxylation is 1. The molecule has 23 heavy (non-hydrogen) atoms. The molecule has 0 bridgehead atoms. The number of alkyl halides is 3. The average molecular weight is 323 g/mol. The highest BCUT2D eigenvalue weighted by atomic mass is 19.4. The molecule has 2 aromatic carbocycles. The number of anilines is 1. The second-order valence-electron chi connectivity index (χ2n) is 5.03. The summed E-state index contributed by atoms with van der Waals surface area (Å²) in [6, 6.07) is 11.0. The minimum absolute atomic E-state index is 0.169. The van der Waals surface area contributed by atoms with Crippen molar-refractivity contribution < 1.29 is 22.7 Å². The summed E-state index contributed by atoms with van der Waals surface area (Å²) in [6.07, 6.45) is -4.44. The van der Waals surface area contributed by atoms with Gasteiger partial charge in [0.25, 0.3) is 0 Å². The minimum atomic E-state index is -4.75. The maximum atomic E-state index is 12.4. The van der Waals surface area contributed by atoms with Crippen molar-refractivity contribution in [2.45, 2.75) is 26.6 Å². The first-order valence-corrected chi connectivity index (χ1v) is 7.05. The van der Waals surface area contributed by atoms with Crippen molar-refractivity contribution in [3.63, 3.8) is 0 Å². The topological polar surface area (TPSA) is 38.3 Å². The predicted octanol–water partition coefficient (Wildman–Crippen LogP) is 4.91. The third kappa shape index (κ3) is 4.74. The molecule has 0 saturated carbocycles. The molecule has 2 rings (SSSR count). The molecule has 2 aromatic rings. The van der Waals surface area contributed by atoms with E-state index in [0.717, 1.165) is 5.56 Å². The van der Waals surface area contributed by atoms with Gasteiger partial charge in [0.2, 0.25) is 5.91 Å². The lowest BCUT2D eigenvalue weighted by molar-refractivity contribution is -0.274. The molecular formula is C17H16F3NO2. The van der Waals surface area contributed by atoms with E-state index in [0.29, 0.717) is 23.2 Å². The highest BCUT2D eigenvalue weighted by Gasteiger charge is 2.31. The van der Waals surface area contributed by atoms with Gasteiger partial charge in [0.05, 0.1) is 0 Å². The van der Waals surface area contributed by atoms with Crippen LogP contribution < -0.4 is 10.1 Å². The Morgan fingerprint density at radius 3 is 2.57 bits per heavy atom. The highest BCUT2D eigenvalue weighted by Crippen LogP contribution is 2.33. The van der Waals surface area contributed by atoms with Gasteiger partial charge in [-0.3, -0.25) is 4.79 Å². The minimum Gasteiger partial charge on any atom is -0.406 e. The van der Waals surface area contributed by atoms with E-state index >= 15 is 0 Å². The van der Waals surface area contributed by atoms with Gasteiger partial charge >= 0.3 is 6.36 Å². The molecular weight excluding hydrogens is 307 g/mol. The van der Waals surface area contributed by atoms with Crippen LogP contribution in [0.5, 0.6) is 5.75 Å². The number of ether oxygens (including phenoxy) is 1. The summed E-state index contributed by atoms with van der Waals surface area (Å²) >= 11 is 0. The van der Waals surface area contributed by atoms with Gasteiger partial charge in [-0.15, -0.1) is 13.2 Å². The van der Waals surface area contributed by atoms with Gasteiger partial charge in [-0.2, -0.15) is 0 Å². The molecule has 1 N–H and O–H groups in total. The number of halogens is 3. The van der Waals surface area contributed by atoms with E-state index in [2.05, 4.69) is 10.1 Å². The van der Waals surface area contributed by atoms with Crippen molar-refractivity contribution in [1.82, 2.24) is 0 Å². The van der Waals surface area contributed by atoms with Crippen LogP contribution in [0, 0.1) is 6.92 Å². The monoisotopic (exact) mass is 323 g/mol. The van der Waals surface area contributed by atoms with Crippen LogP contribution in [-0.4, -0.2) is 12.3 Å². The predicted molar refractivity (Wildman–Crippen MR) is 82.2 cm³/mol. The quantitative estimate of drug-likeness (QED) is 0.868. The van der Waals surface area contributed by atoms with E-state index in [1.165, 1.54) is 18.2 Å². The zero-order valence-corrected chi connectivity index (χ0v) is 12.7. The maximum absolute atomic E-state index is 12.4. The molecule has 0 unspecified atom stereocenters. The summed E-state index contributed by atoms with van der Waals surface area (Å²) in [5.74, 6) is -0.470. The van der Waals surface area contributed by atoms with Crippen molar-refractivity contribution in [1.29, 1.82) is 0 Å². The molecule has 0 aliphatic heterocycles. The summed E-state index contributed by atoms with van der Waals surface area (Å²) in [5, 5.41) is 2.75. The van der Waals surface area contributed by atoms with Crippen molar-refractivity contribution in [3.05, 3.63) is 48.0 Å². The fraction of sp³-hybridized carbons (Fsp3) is 0.235. The van der Waals surface area contributed by atoms with Crippen molar-refractivity contribution in [2.75, 3.05) is 5.32 Å².